The van der Waals surface area contributed by atoms with Gasteiger partial charge in [0, 0.05) is 0 Å². The monoisotopic (exact) mass is 350 g/mol. The molecule has 7 nitrogen and oxygen atoms in total. The molecule has 0 aliphatic heterocycles. The van der Waals surface area contributed by atoms with E-state index in [0.717, 1.165) is 5.56 Å². The molecular formula is C16H16F2N4O3. The number of alkyl halides is 2. The number of benzene rings is 1. The first-order valence-corrected chi connectivity index (χ1v) is 7.54. The lowest BCUT2D eigenvalue weighted by atomic mass is 10.1. The van der Waals surface area contributed by atoms with E-state index in [1.807, 2.05) is 6.92 Å². The zero-order chi connectivity index (χ0) is 18.1. The van der Waals surface area contributed by atoms with Crippen molar-refractivity contribution in [3.63, 3.8) is 0 Å². The van der Waals surface area contributed by atoms with Crippen molar-refractivity contribution in [1.82, 2.24) is 19.7 Å². The van der Waals surface area contributed by atoms with Crippen LogP contribution < -0.4 is 10.3 Å². The molecule has 3 rings (SSSR count). The predicted molar refractivity (Wildman–Crippen MR) is 85.7 cm³/mol. The van der Waals surface area contributed by atoms with Crippen LogP contribution >= 0.6 is 0 Å². The number of halogens is 2. The number of aromatic nitrogens is 4. The molecule has 3 aromatic rings. The van der Waals surface area contributed by atoms with E-state index >= 15 is 0 Å². The van der Waals surface area contributed by atoms with Crippen molar-refractivity contribution in [2.24, 2.45) is 0 Å². The molecule has 25 heavy (non-hydrogen) atoms. The van der Waals surface area contributed by atoms with E-state index in [1.54, 1.807) is 19.1 Å². The number of aryl methyl sites for hydroxylation is 1. The Labute approximate surface area is 140 Å². The summed E-state index contributed by atoms with van der Waals surface area (Å²) in [5, 5.41) is 14.0. The van der Waals surface area contributed by atoms with Gasteiger partial charge in [-0.3, -0.25) is 4.79 Å². The van der Waals surface area contributed by atoms with Gasteiger partial charge in [0.05, 0.1) is 12.6 Å². The second-order valence-corrected chi connectivity index (χ2v) is 5.52. The molecule has 132 valence electrons. The molecule has 2 aromatic heterocycles. The number of aliphatic hydroxyl groups excluding tert-OH is 1. The highest BCUT2D eigenvalue weighted by Gasteiger charge is 2.20. The number of aliphatic hydroxyl groups is 1. The lowest BCUT2D eigenvalue weighted by molar-refractivity contribution is -0.0498. The van der Waals surface area contributed by atoms with Crippen molar-refractivity contribution in [2.75, 3.05) is 0 Å². The molecule has 0 fully saturated rings. The number of fused-ring (bicyclic) bond motifs is 1. The van der Waals surface area contributed by atoms with Gasteiger partial charge in [0.15, 0.2) is 5.65 Å². The number of nitrogens with zero attached hydrogens (tertiary/aromatic N) is 3. The van der Waals surface area contributed by atoms with E-state index in [9.17, 15) is 18.7 Å². The molecule has 0 aliphatic rings. The van der Waals surface area contributed by atoms with Gasteiger partial charge < -0.3 is 14.8 Å². The van der Waals surface area contributed by atoms with E-state index in [0.29, 0.717) is 11.5 Å². The third-order valence-corrected chi connectivity index (χ3v) is 3.86. The molecule has 0 saturated heterocycles. The fourth-order valence-electron chi connectivity index (χ4n) is 2.67. The van der Waals surface area contributed by atoms with E-state index in [2.05, 4.69) is 19.8 Å². The second kappa shape index (κ2) is 6.60. The summed E-state index contributed by atoms with van der Waals surface area (Å²) in [5.41, 5.74) is 0.972. The van der Waals surface area contributed by atoms with Gasteiger partial charge >= 0.3 is 6.61 Å². The Kier molecular flexibility index (Phi) is 4.49. The Morgan fingerprint density at radius 2 is 2.00 bits per heavy atom. The number of nitrogens with one attached hydrogen (secondary N) is 1. The second-order valence-electron chi connectivity index (χ2n) is 5.52. The summed E-state index contributed by atoms with van der Waals surface area (Å²) >= 11 is 0. The van der Waals surface area contributed by atoms with Gasteiger partial charge in [-0.05, 0) is 31.5 Å². The Hall–Kier alpha value is -2.81. The minimum atomic E-state index is -2.88. The van der Waals surface area contributed by atoms with Crippen molar-refractivity contribution in [2.45, 2.75) is 33.1 Å². The first kappa shape index (κ1) is 17.0. The van der Waals surface area contributed by atoms with Gasteiger partial charge in [0.2, 0.25) is 0 Å². The zero-order valence-corrected chi connectivity index (χ0v) is 13.5. The van der Waals surface area contributed by atoms with Crippen LogP contribution in [-0.2, 0) is 6.61 Å². The van der Waals surface area contributed by atoms with E-state index in [1.165, 1.54) is 16.8 Å². The van der Waals surface area contributed by atoms with Gasteiger partial charge in [-0.1, -0.05) is 12.1 Å². The summed E-state index contributed by atoms with van der Waals surface area (Å²) < 4.78 is 30.3. The van der Waals surface area contributed by atoms with Crippen molar-refractivity contribution in [1.29, 1.82) is 0 Å². The third-order valence-electron chi connectivity index (χ3n) is 3.86. The average Bonchev–Trinajstić information content (AvgIpc) is 2.93. The van der Waals surface area contributed by atoms with Crippen molar-refractivity contribution in [3.05, 3.63) is 51.7 Å². The Morgan fingerprint density at radius 1 is 1.32 bits per heavy atom. The maximum Gasteiger partial charge on any atom is 0.387 e. The van der Waals surface area contributed by atoms with Gasteiger partial charge in [0.1, 0.15) is 22.7 Å². The highest BCUT2D eigenvalue weighted by Crippen LogP contribution is 2.25. The van der Waals surface area contributed by atoms with Crippen LogP contribution in [0, 0.1) is 6.92 Å². The largest absolute Gasteiger partial charge is 0.435 e. The van der Waals surface area contributed by atoms with Crippen molar-refractivity contribution in [3.8, 4) is 5.75 Å². The Balaban J connectivity index is 2.05. The quantitative estimate of drug-likeness (QED) is 0.735. The minimum absolute atomic E-state index is 0.0535. The standard InChI is InChI=1S/C16H16F2N4O3/c1-8(10-3-5-11(6-4-10)25-16(17)18)22-14-13(12(7-23)21-22)15(24)20-9(2)19-14/h3-6,8,16,23H,7H2,1-2H3,(H,19,20,24)/t8-/m0/s1. The molecule has 0 saturated carbocycles. The molecule has 1 aromatic carbocycles. The summed E-state index contributed by atoms with van der Waals surface area (Å²) in [6.07, 6.45) is 0. The van der Waals surface area contributed by atoms with E-state index < -0.39 is 13.2 Å². The topological polar surface area (TPSA) is 93.0 Å². The molecule has 0 radical (unpaired) electrons. The third kappa shape index (κ3) is 3.22. The maximum absolute atomic E-state index is 12.2. The van der Waals surface area contributed by atoms with Crippen LogP contribution in [0.15, 0.2) is 29.1 Å². The molecule has 0 amide bonds. The number of ether oxygens (including phenoxy) is 1. The number of hydrogen-bond donors (Lipinski definition) is 2. The van der Waals surface area contributed by atoms with E-state index in [4.69, 9.17) is 0 Å². The predicted octanol–water partition coefficient (Wildman–Crippen LogP) is 2.13. The first-order chi connectivity index (χ1) is 11.9. The van der Waals surface area contributed by atoms with Crippen LogP contribution in [0.5, 0.6) is 5.75 Å². The number of rotatable bonds is 5. The van der Waals surface area contributed by atoms with Gasteiger partial charge in [-0.2, -0.15) is 13.9 Å². The lowest BCUT2D eigenvalue weighted by Crippen LogP contribution is -2.13. The highest BCUT2D eigenvalue weighted by molar-refractivity contribution is 5.77. The summed E-state index contributed by atoms with van der Waals surface area (Å²) in [6, 6.07) is 5.80. The lowest BCUT2D eigenvalue weighted by Gasteiger charge is -2.14. The average molecular weight is 350 g/mol. The molecule has 1 atom stereocenters. The maximum atomic E-state index is 12.2. The molecule has 0 spiro atoms. The fraction of sp³-hybridized carbons (Fsp3) is 0.312. The highest BCUT2D eigenvalue weighted by atomic mass is 19.3. The molecule has 0 aliphatic carbocycles. The fourth-order valence-corrected chi connectivity index (χ4v) is 2.67. The van der Waals surface area contributed by atoms with Crippen LogP contribution in [0.2, 0.25) is 0 Å². The van der Waals surface area contributed by atoms with Crippen LogP contribution in [0.4, 0.5) is 8.78 Å². The Bertz CT molecular complexity index is 950. The molecule has 9 heteroatoms. The zero-order valence-electron chi connectivity index (χ0n) is 13.5. The first-order valence-electron chi connectivity index (χ1n) is 7.54. The summed E-state index contributed by atoms with van der Waals surface area (Å²) in [5.74, 6) is 0.480. The number of hydrogen-bond acceptors (Lipinski definition) is 5. The van der Waals surface area contributed by atoms with Crippen molar-refractivity contribution < 1.29 is 18.6 Å². The Morgan fingerprint density at radius 3 is 2.60 bits per heavy atom. The van der Waals surface area contributed by atoms with Gasteiger partial charge in [-0.15, -0.1) is 0 Å². The summed E-state index contributed by atoms with van der Waals surface area (Å²) in [7, 11) is 0. The smallest absolute Gasteiger partial charge is 0.387 e. The van der Waals surface area contributed by atoms with Gasteiger partial charge in [-0.25, -0.2) is 9.67 Å². The van der Waals surface area contributed by atoms with Gasteiger partial charge in [0.25, 0.3) is 5.56 Å². The van der Waals surface area contributed by atoms with Crippen LogP contribution in [0.1, 0.15) is 30.0 Å². The molecule has 0 unspecified atom stereocenters. The molecule has 2 heterocycles. The molecule has 0 bridgehead atoms. The SMILES string of the molecule is Cc1nc2c(c(CO)nn2[C@@H](C)c2ccc(OC(F)F)cc2)c(=O)[nH]1. The van der Waals surface area contributed by atoms with E-state index in [-0.39, 0.29) is 28.4 Å². The molecule has 2 N–H and O–H groups in total. The minimum Gasteiger partial charge on any atom is -0.435 e. The molecular weight excluding hydrogens is 334 g/mol. The number of H-pyrrole nitrogens is 1. The van der Waals surface area contributed by atoms with Crippen LogP contribution in [0.25, 0.3) is 11.0 Å². The van der Waals surface area contributed by atoms with Crippen LogP contribution in [0.3, 0.4) is 0 Å². The van der Waals surface area contributed by atoms with Crippen LogP contribution in [-0.4, -0.2) is 31.5 Å². The summed E-state index contributed by atoms with van der Waals surface area (Å²) in [6.45, 7) is 0.196. The number of aromatic amines is 1. The summed E-state index contributed by atoms with van der Waals surface area (Å²) in [4.78, 5) is 19.1. The normalized spacial score (nSPS) is 12.7. The van der Waals surface area contributed by atoms with Crippen molar-refractivity contribution >= 4 is 11.0 Å².